The third kappa shape index (κ3) is 6.81. The first kappa shape index (κ1) is 17.4. The van der Waals surface area contributed by atoms with Gasteiger partial charge in [0.2, 0.25) is 5.91 Å². The number of hydrogen-bond donors (Lipinski definition) is 4. The van der Waals surface area contributed by atoms with Crippen LogP contribution in [0.15, 0.2) is 12.4 Å². The minimum atomic E-state index is -0.720. The molecule has 110 valence electrons. The highest BCUT2D eigenvalue weighted by Gasteiger charge is 2.29. The van der Waals surface area contributed by atoms with E-state index in [9.17, 15) is 9.59 Å². The zero-order valence-electron chi connectivity index (χ0n) is 12.3. The number of likely N-dealkylation sites (N-methyl/N-ethyl adjacent to an activating group) is 1. The number of amides is 1. The minimum Gasteiger partial charge on any atom is -0.386 e. The van der Waals surface area contributed by atoms with E-state index in [4.69, 9.17) is 5.73 Å². The number of hydrogen-bond acceptors (Lipinski definition) is 5. The van der Waals surface area contributed by atoms with Crippen molar-refractivity contribution in [3.8, 4) is 0 Å². The van der Waals surface area contributed by atoms with Crippen LogP contribution in [0.5, 0.6) is 0 Å². The van der Waals surface area contributed by atoms with Crippen molar-refractivity contribution in [2.75, 3.05) is 13.6 Å². The first-order valence-corrected chi connectivity index (χ1v) is 6.39. The zero-order valence-corrected chi connectivity index (χ0v) is 12.3. The largest absolute Gasteiger partial charge is 0.386 e. The molecule has 0 heterocycles. The number of ketones is 1. The normalized spacial score (nSPS) is 12.6. The van der Waals surface area contributed by atoms with Crippen LogP contribution in [0.25, 0.3) is 0 Å². The van der Waals surface area contributed by atoms with Crippen LogP contribution >= 0.6 is 0 Å². The highest BCUT2D eigenvalue weighted by atomic mass is 16.2. The maximum absolute atomic E-state index is 11.8. The van der Waals surface area contributed by atoms with Gasteiger partial charge in [0, 0.05) is 13.6 Å². The summed E-state index contributed by atoms with van der Waals surface area (Å²) < 4.78 is 0. The molecule has 0 spiro atoms. The van der Waals surface area contributed by atoms with E-state index < -0.39 is 11.6 Å². The average Bonchev–Trinajstić information content (AvgIpc) is 2.31. The zero-order chi connectivity index (χ0) is 15.1. The Hall–Kier alpha value is -1.56. The van der Waals surface area contributed by atoms with Crippen LogP contribution in [0.3, 0.4) is 0 Å². The first-order valence-electron chi connectivity index (χ1n) is 6.39. The summed E-state index contributed by atoms with van der Waals surface area (Å²) in [6.45, 7) is 9.22. The van der Waals surface area contributed by atoms with Gasteiger partial charge in [-0.2, -0.15) is 0 Å². The molecule has 0 radical (unpaired) electrons. The van der Waals surface area contributed by atoms with E-state index in [0.29, 0.717) is 18.8 Å². The molecule has 0 aliphatic rings. The van der Waals surface area contributed by atoms with Crippen molar-refractivity contribution in [3.63, 3.8) is 0 Å². The number of nitrogens with one attached hydrogen (secondary N) is 3. The lowest BCUT2D eigenvalue weighted by atomic mass is 9.97. The Morgan fingerprint density at radius 3 is 2.37 bits per heavy atom. The van der Waals surface area contributed by atoms with E-state index >= 15 is 0 Å². The van der Waals surface area contributed by atoms with Gasteiger partial charge in [0.05, 0.1) is 17.4 Å². The molecule has 19 heavy (non-hydrogen) atoms. The van der Waals surface area contributed by atoms with Gasteiger partial charge in [-0.1, -0.05) is 6.58 Å². The molecule has 0 saturated carbocycles. The lowest BCUT2D eigenvalue weighted by Crippen LogP contribution is -2.55. The van der Waals surface area contributed by atoms with Gasteiger partial charge in [0.1, 0.15) is 5.78 Å². The third-order valence-electron chi connectivity index (χ3n) is 3.00. The van der Waals surface area contributed by atoms with Crippen molar-refractivity contribution >= 4 is 11.7 Å². The summed E-state index contributed by atoms with van der Waals surface area (Å²) in [4.78, 5) is 23.3. The molecule has 0 saturated heterocycles. The van der Waals surface area contributed by atoms with Crippen LogP contribution in [0.4, 0.5) is 0 Å². The van der Waals surface area contributed by atoms with Crippen molar-refractivity contribution in [1.82, 2.24) is 16.0 Å². The molecular weight excluding hydrogens is 244 g/mol. The van der Waals surface area contributed by atoms with Crippen LogP contribution in [0.2, 0.25) is 0 Å². The second kappa shape index (κ2) is 7.78. The van der Waals surface area contributed by atoms with Gasteiger partial charge in [-0.15, -0.1) is 0 Å². The summed E-state index contributed by atoms with van der Waals surface area (Å²) in [5.41, 5.74) is 4.67. The topological polar surface area (TPSA) is 96.2 Å². The van der Waals surface area contributed by atoms with Crippen LogP contribution < -0.4 is 21.7 Å². The Morgan fingerprint density at radius 2 is 1.95 bits per heavy atom. The molecule has 0 aliphatic carbocycles. The second-order valence-electron chi connectivity index (χ2n) is 5.09. The van der Waals surface area contributed by atoms with Crippen LogP contribution in [0.1, 0.15) is 33.6 Å². The summed E-state index contributed by atoms with van der Waals surface area (Å²) in [5.74, 6) is 0.282. The predicted molar refractivity (Wildman–Crippen MR) is 76.3 cm³/mol. The fraction of sp³-hybridized carbons (Fsp3) is 0.692. The van der Waals surface area contributed by atoms with E-state index in [1.807, 2.05) is 0 Å². The van der Waals surface area contributed by atoms with Crippen LogP contribution in [-0.2, 0) is 9.59 Å². The maximum Gasteiger partial charge on any atom is 0.236 e. The molecule has 1 unspecified atom stereocenters. The molecule has 1 amide bonds. The van der Waals surface area contributed by atoms with Gasteiger partial charge >= 0.3 is 0 Å². The average molecular weight is 270 g/mol. The van der Waals surface area contributed by atoms with E-state index in [1.165, 1.54) is 6.92 Å². The molecule has 6 heteroatoms. The lowest BCUT2D eigenvalue weighted by molar-refractivity contribution is -0.126. The molecular formula is C13H26N4O2. The first-order chi connectivity index (χ1) is 8.70. The van der Waals surface area contributed by atoms with Gasteiger partial charge in [0.25, 0.3) is 0 Å². The van der Waals surface area contributed by atoms with Crippen LogP contribution in [-0.4, -0.2) is 36.9 Å². The fourth-order valence-electron chi connectivity index (χ4n) is 1.54. The molecule has 5 N–H and O–H groups in total. The quantitative estimate of drug-likeness (QED) is 0.437. The number of carbonyl (C=O) groups excluding carboxylic acids is 2. The SMILES string of the molecule is C=C(N)NCCCC(NC(C)(C)C(C)=O)C(=O)NC. The maximum atomic E-state index is 11.8. The van der Waals surface area contributed by atoms with E-state index in [-0.39, 0.29) is 11.7 Å². The van der Waals surface area contributed by atoms with Crippen molar-refractivity contribution < 1.29 is 9.59 Å². The lowest BCUT2D eigenvalue weighted by Gasteiger charge is -2.29. The molecule has 1 atom stereocenters. The number of rotatable bonds is 9. The Balaban J connectivity index is 4.44. The van der Waals surface area contributed by atoms with Gasteiger partial charge in [-0.3, -0.25) is 14.9 Å². The van der Waals surface area contributed by atoms with Crippen LogP contribution in [0, 0.1) is 0 Å². The van der Waals surface area contributed by atoms with E-state index in [0.717, 1.165) is 6.42 Å². The van der Waals surface area contributed by atoms with Gasteiger partial charge < -0.3 is 16.4 Å². The highest BCUT2D eigenvalue weighted by Crippen LogP contribution is 2.08. The summed E-state index contributed by atoms with van der Waals surface area (Å²) in [6, 6.07) is -0.406. The summed E-state index contributed by atoms with van der Waals surface area (Å²) in [5, 5.41) is 8.59. The standard InChI is InChI=1S/C13H26N4O2/c1-9(18)13(3,4)17-11(12(19)15-5)7-6-8-16-10(2)14/h11,16-17H,2,6-8,14H2,1,3-5H3,(H,15,19). The molecule has 0 aliphatic heterocycles. The Kier molecular flexibility index (Phi) is 7.14. The Labute approximate surface area is 115 Å². The minimum absolute atomic E-state index is 0.00476. The Morgan fingerprint density at radius 1 is 1.37 bits per heavy atom. The molecule has 6 nitrogen and oxygen atoms in total. The molecule has 0 bridgehead atoms. The monoisotopic (exact) mass is 270 g/mol. The summed E-state index contributed by atoms with van der Waals surface area (Å²) in [6.07, 6.45) is 1.35. The second-order valence-corrected chi connectivity index (χ2v) is 5.09. The van der Waals surface area contributed by atoms with E-state index in [2.05, 4.69) is 22.5 Å². The Bertz CT molecular complexity index is 340. The predicted octanol–water partition coefficient (Wildman–Crippen LogP) is -0.142. The van der Waals surface area contributed by atoms with Crippen molar-refractivity contribution in [1.29, 1.82) is 0 Å². The number of Topliss-reactive ketones (excluding diaryl/α,β-unsaturated/α-hetero) is 1. The molecule has 0 rings (SSSR count). The highest BCUT2D eigenvalue weighted by molar-refractivity contribution is 5.87. The fourth-order valence-corrected chi connectivity index (χ4v) is 1.54. The van der Waals surface area contributed by atoms with Gasteiger partial charge in [0.15, 0.2) is 0 Å². The molecule has 0 aromatic rings. The van der Waals surface area contributed by atoms with Crippen molar-refractivity contribution in [2.24, 2.45) is 5.73 Å². The molecule has 0 aromatic heterocycles. The van der Waals surface area contributed by atoms with Gasteiger partial charge in [-0.05, 0) is 33.6 Å². The smallest absolute Gasteiger partial charge is 0.236 e. The third-order valence-corrected chi connectivity index (χ3v) is 3.00. The van der Waals surface area contributed by atoms with Crippen molar-refractivity contribution in [3.05, 3.63) is 12.4 Å². The van der Waals surface area contributed by atoms with E-state index in [1.54, 1.807) is 20.9 Å². The number of carbonyl (C=O) groups is 2. The summed E-state index contributed by atoms with van der Waals surface area (Å²) >= 11 is 0. The summed E-state index contributed by atoms with van der Waals surface area (Å²) in [7, 11) is 1.58. The molecule has 0 aromatic carbocycles. The number of nitrogens with two attached hydrogens (primary N) is 1. The molecule has 0 fully saturated rings. The van der Waals surface area contributed by atoms with Crippen molar-refractivity contribution in [2.45, 2.75) is 45.2 Å². The van der Waals surface area contributed by atoms with Gasteiger partial charge in [-0.25, -0.2) is 0 Å².